The van der Waals surface area contributed by atoms with Crippen molar-refractivity contribution in [3.05, 3.63) is 69.7 Å². The number of carbonyl (C=O) groups is 2. The van der Waals surface area contributed by atoms with E-state index in [0.29, 0.717) is 24.2 Å². The van der Waals surface area contributed by atoms with E-state index >= 15 is 0 Å². The van der Waals surface area contributed by atoms with Crippen molar-refractivity contribution in [1.82, 2.24) is 0 Å². The summed E-state index contributed by atoms with van der Waals surface area (Å²) in [7, 11) is 0. The quantitative estimate of drug-likeness (QED) is 0.388. The van der Waals surface area contributed by atoms with E-state index in [1.165, 1.54) is 19.3 Å². The zero-order valence-electron chi connectivity index (χ0n) is 17.1. The van der Waals surface area contributed by atoms with Crippen molar-refractivity contribution in [3.63, 3.8) is 0 Å². The van der Waals surface area contributed by atoms with Crippen LogP contribution in [-0.2, 0) is 16.0 Å². The number of esters is 1. The first-order valence-electron chi connectivity index (χ1n) is 11.1. The number of hydrogen-bond donors (Lipinski definition) is 0. The van der Waals surface area contributed by atoms with Crippen molar-refractivity contribution in [2.45, 2.75) is 44.9 Å². The van der Waals surface area contributed by atoms with Gasteiger partial charge in [-0.15, -0.1) is 0 Å². The van der Waals surface area contributed by atoms with Crippen LogP contribution < -0.4 is 0 Å². The van der Waals surface area contributed by atoms with Crippen LogP contribution in [0.1, 0.15) is 60.0 Å². The van der Waals surface area contributed by atoms with Gasteiger partial charge in [-0.1, -0.05) is 52.3 Å². The second kappa shape index (κ2) is 7.96. The molecule has 0 atom stereocenters. The first-order chi connectivity index (χ1) is 14.5. The molecule has 0 unspecified atom stereocenters. The zero-order chi connectivity index (χ0) is 20.7. The van der Waals surface area contributed by atoms with Gasteiger partial charge >= 0.3 is 5.97 Å². The smallest absolute Gasteiger partial charge is 0.312 e. The van der Waals surface area contributed by atoms with Crippen molar-refractivity contribution in [2.75, 3.05) is 6.61 Å². The summed E-state index contributed by atoms with van der Waals surface area (Å²) in [6.45, 7) is 0.331. The molecule has 2 aromatic carbocycles. The van der Waals surface area contributed by atoms with E-state index in [4.69, 9.17) is 4.74 Å². The second-order valence-corrected chi connectivity index (χ2v) is 10.5. The Morgan fingerprint density at radius 2 is 1.57 bits per heavy atom. The highest BCUT2D eigenvalue weighted by atomic mass is 79.9. The number of carbonyl (C=O) groups excluding carboxylic acids is 2. The van der Waals surface area contributed by atoms with E-state index in [2.05, 4.69) is 15.9 Å². The van der Waals surface area contributed by atoms with Gasteiger partial charge in [0.05, 0.1) is 12.0 Å². The van der Waals surface area contributed by atoms with E-state index in [1.807, 2.05) is 48.5 Å². The van der Waals surface area contributed by atoms with Crippen LogP contribution in [0.25, 0.3) is 0 Å². The minimum atomic E-state index is -0.225. The standard InChI is InChI=1S/C26H27BrO3/c27-22-7-6-20(23(13-22)24(28)21-4-2-1-3-5-21)8-9-30-25(29)26-14-17-10-18(15-26)12-19(11-17)16-26/h1-7,13,17-19H,8-12,14-16H2. The molecular weight excluding hydrogens is 440 g/mol. The Bertz CT molecular complexity index is 930. The fraction of sp³-hybridized carbons (Fsp3) is 0.462. The average Bonchev–Trinajstić information content (AvgIpc) is 2.74. The number of halogens is 1. The molecule has 0 saturated heterocycles. The third-order valence-corrected chi connectivity index (χ3v) is 7.92. The Morgan fingerprint density at radius 1 is 0.933 bits per heavy atom. The molecule has 0 spiro atoms. The Morgan fingerprint density at radius 3 is 2.20 bits per heavy atom. The third-order valence-electron chi connectivity index (χ3n) is 7.43. The summed E-state index contributed by atoms with van der Waals surface area (Å²) in [5.41, 5.74) is 2.03. The van der Waals surface area contributed by atoms with Crippen LogP contribution in [0.15, 0.2) is 53.0 Å². The van der Waals surface area contributed by atoms with Gasteiger partial charge < -0.3 is 4.74 Å². The zero-order valence-corrected chi connectivity index (χ0v) is 18.7. The van der Waals surface area contributed by atoms with Crippen molar-refractivity contribution >= 4 is 27.7 Å². The number of rotatable bonds is 6. The van der Waals surface area contributed by atoms with E-state index in [9.17, 15) is 9.59 Å². The van der Waals surface area contributed by atoms with Crippen molar-refractivity contribution in [3.8, 4) is 0 Å². The number of hydrogen-bond acceptors (Lipinski definition) is 3. The summed E-state index contributed by atoms with van der Waals surface area (Å²) in [6, 6.07) is 15.1. The molecule has 4 heteroatoms. The maximum absolute atomic E-state index is 13.1. The summed E-state index contributed by atoms with van der Waals surface area (Å²) < 4.78 is 6.71. The highest BCUT2D eigenvalue weighted by Gasteiger charge is 2.55. The van der Waals surface area contributed by atoms with Crippen LogP contribution in [0.5, 0.6) is 0 Å². The van der Waals surface area contributed by atoms with Gasteiger partial charge in [-0.25, -0.2) is 0 Å². The Balaban J connectivity index is 1.27. The molecule has 3 nitrogen and oxygen atoms in total. The van der Waals surface area contributed by atoms with E-state index in [-0.39, 0.29) is 17.2 Å². The van der Waals surface area contributed by atoms with Crippen LogP contribution >= 0.6 is 15.9 Å². The van der Waals surface area contributed by atoms with E-state index < -0.39 is 0 Å². The summed E-state index contributed by atoms with van der Waals surface area (Å²) in [5, 5.41) is 0. The predicted octanol–water partition coefficient (Wildman–Crippen LogP) is 5.98. The van der Waals surface area contributed by atoms with Gasteiger partial charge in [0.2, 0.25) is 0 Å². The molecule has 0 aromatic heterocycles. The molecular formula is C26H27BrO3. The Hall–Kier alpha value is -1.94. The van der Waals surface area contributed by atoms with Gasteiger partial charge in [0.1, 0.15) is 0 Å². The normalized spacial score (nSPS) is 29.0. The van der Waals surface area contributed by atoms with Gasteiger partial charge in [0, 0.05) is 22.0 Å². The lowest BCUT2D eigenvalue weighted by atomic mass is 9.49. The second-order valence-electron chi connectivity index (χ2n) is 9.58. The monoisotopic (exact) mass is 466 g/mol. The number of ketones is 1. The molecule has 4 bridgehead atoms. The molecule has 2 aromatic rings. The molecule has 4 saturated carbocycles. The molecule has 6 rings (SSSR count). The van der Waals surface area contributed by atoms with E-state index in [0.717, 1.165) is 47.1 Å². The average molecular weight is 467 g/mol. The largest absolute Gasteiger partial charge is 0.465 e. The summed E-state index contributed by atoms with van der Waals surface area (Å²) in [6.07, 6.45) is 7.57. The fourth-order valence-electron chi connectivity index (χ4n) is 6.49. The van der Waals surface area contributed by atoms with Gasteiger partial charge in [0.15, 0.2) is 5.78 Å². The summed E-state index contributed by atoms with van der Waals surface area (Å²) >= 11 is 3.48. The van der Waals surface area contributed by atoms with Crippen LogP contribution in [0, 0.1) is 23.2 Å². The minimum Gasteiger partial charge on any atom is -0.465 e. The molecule has 0 heterocycles. The molecule has 4 aliphatic rings. The van der Waals surface area contributed by atoms with Crippen LogP contribution in [0.3, 0.4) is 0 Å². The lowest BCUT2D eigenvalue weighted by Gasteiger charge is -2.55. The van der Waals surface area contributed by atoms with Crippen LogP contribution in [0.4, 0.5) is 0 Å². The number of ether oxygens (including phenoxy) is 1. The fourth-order valence-corrected chi connectivity index (χ4v) is 6.85. The molecule has 156 valence electrons. The number of benzene rings is 2. The molecule has 4 fully saturated rings. The van der Waals surface area contributed by atoms with E-state index in [1.54, 1.807) is 0 Å². The molecule has 30 heavy (non-hydrogen) atoms. The maximum atomic E-state index is 13.1. The summed E-state index contributed by atoms with van der Waals surface area (Å²) in [5.74, 6) is 2.19. The van der Waals surface area contributed by atoms with Crippen molar-refractivity contribution < 1.29 is 14.3 Å². The molecule has 0 radical (unpaired) electrons. The first kappa shape index (κ1) is 20.0. The minimum absolute atomic E-state index is 0.000638. The van der Waals surface area contributed by atoms with Crippen LogP contribution in [0.2, 0.25) is 0 Å². The van der Waals surface area contributed by atoms with Crippen LogP contribution in [-0.4, -0.2) is 18.4 Å². The highest BCUT2D eigenvalue weighted by molar-refractivity contribution is 9.10. The lowest BCUT2D eigenvalue weighted by molar-refractivity contribution is -0.171. The van der Waals surface area contributed by atoms with Gasteiger partial charge in [-0.3, -0.25) is 9.59 Å². The van der Waals surface area contributed by atoms with Crippen molar-refractivity contribution in [2.24, 2.45) is 23.2 Å². The lowest BCUT2D eigenvalue weighted by Crippen LogP contribution is -2.50. The highest BCUT2D eigenvalue weighted by Crippen LogP contribution is 2.60. The molecule has 0 N–H and O–H groups in total. The summed E-state index contributed by atoms with van der Waals surface area (Å²) in [4.78, 5) is 26.1. The first-order valence-corrected chi connectivity index (χ1v) is 11.9. The Kier molecular flexibility index (Phi) is 5.30. The molecule has 4 aliphatic carbocycles. The predicted molar refractivity (Wildman–Crippen MR) is 119 cm³/mol. The topological polar surface area (TPSA) is 43.4 Å². The third kappa shape index (κ3) is 3.75. The van der Waals surface area contributed by atoms with Crippen molar-refractivity contribution in [1.29, 1.82) is 0 Å². The SMILES string of the molecule is O=C(c1ccccc1)c1cc(Br)ccc1CCOC(=O)C12CC3CC(CC(C3)C1)C2. The molecule has 0 aliphatic heterocycles. The van der Waals surface area contributed by atoms with Gasteiger partial charge in [-0.2, -0.15) is 0 Å². The van der Waals surface area contributed by atoms with Gasteiger partial charge in [-0.05, 0) is 74.0 Å². The maximum Gasteiger partial charge on any atom is 0.312 e. The Labute approximate surface area is 186 Å². The molecule has 0 amide bonds. The van der Waals surface area contributed by atoms with Gasteiger partial charge in [0.25, 0.3) is 0 Å².